The Morgan fingerprint density at radius 1 is 1.33 bits per heavy atom. The molecule has 144 valence electrons. The number of carbonyl (C=O) groups is 2. The van der Waals surface area contributed by atoms with Gasteiger partial charge >= 0.3 is 0 Å². The SMILES string of the molecule is COc1cccc(CCNC(=O)Cn2cnc3c2C(=O)N(C)C(O)N3C)c1. The zero-order valence-corrected chi connectivity index (χ0v) is 15.5. The highest BCUT2D eigenvalue weighted by atomic mass is 16.5. The molecule has 1 unspecified atom stereocenters. The number of anilines is 1. The third-order valence-electron chi connectivity index (χ3n) is 4.55. The molecule has 2 N–H and O–H groups in total. The Labute approximate surface area is 157 Å². The molecule has 0 saturated carbocycles. The van der Waals surface area contributed by atoms with Gasteiger partial charge in [0.25, 0.3) is 5.91 Å². The topological polar surface area (TPSA) is 99.9 Å². The van der Waals surface area contributed by atoms with Crippen molar-refractivity contribution in [3.8, 4) is 5.75 Å². The maximum Gasteiger partial charge on any atom is 0.277 e. The smallest absolute Gasteiger partial charge is 0.277 e. The lowest BCUT2D eigenvalue weighted by Gasteiger charge is -2.36. The van der Waals surface area contributed by atoms with E-state index in [1.807, 2.05) is 24.3 Å². The fourth-order valence-electron chi connectivity index (χ4n) is 2.99. The van der Waals surface area contributed by atoms with E-state index in [0.717, 1.165) is 11.3 Å². The summed E-state index contributed by atoms with van der Waals surface area (Å²) < 4.78 is 6.68. The molecule has 0 fully saturated rings. The second-order valence-corrected chi connectivity index (χ2v) is 6.37. The molecule has 1 aliphatic rings. The predicted octanol–water partition coefficient (Wildman–Crippen LogP) is 0.0483. The van der Waals surface area contributed by atoms with Crippen LogP contribution in [0.4, 0.5) is 5.82 Å². The number of carbonyl (C=O) groups excluding carboxylic acids is 2. The number of aromatic nitrogens is 2. The molecule has 3 rings (SSSR count). The van der Waals surface area contributed by atoms with Crippen LogP contribution in [0.25, 0.3) is 0 Å². The van der Waals surface area contributed by atoms with Crippen LogP contribution in [0.3, 0.4) is 0 Å². The molecule has 1 aliphatic heterocycles. The van der Waals surface area contributed by atoms with Crippen LogP contribution in [0.15, 0.2) is 30.6 Å². The van der Waals surface area contributed by atoms with E-state index in [9.17, 15) is 14.7 Å². The van der Waals surface area contributed by atoms with Gasteiger partial charge in [-0.05, 0) is 24.1 Å². The summed E-state index contributed by atoms with van der Waals surface area (Å²) in [5, 5.41) is 12.9. The maximum atomic E-state index is 12.4. The minimum absolute atomic E-state index is 0.0238. The third-order valence-corrected chi connectivity index (χ3v) is 4.55. The lowest BCUT2D eigenvalue weighted by molar-refractivity contribution is -0.121. The Morgan fingerprint density at radius 2 is 2.11 bits per heavy atom. The first-order valence-corrected chi connectivity index (χ1v) is 8.55. The second-order valence-electron chi connectivity index (χ2n) is 6.37. The molecule has 2 amide bonds. The van der Waals surface area contributed by atoms with Crippen LogP contribution in [0.2, 0.25) is 0 Å². The molecular formula is C18H23N5O4. The molecule has 9 heteroatoms. The van der Waals surface area contributed by atoms with E-state index in [1.54, 1.807) is 14.2 Å². The average molecular weight is 373 g/mol. The molecular weight excluding hydrogens is 350 g/mol. The van der Waals surface area contributed by atoms with Crippen molar-refractivity contribution in [1.82, 2.24) is 19.8 Å². The van der Waals surface area contributed by atoms with Crippen molar-refractivity contribution in [3.63, 3.8) is 0 Å². The van der Waals surface area contributed by atoms with Gasteiger partial charge in [0.2, 0.25) is 12.3 Å². The van der Waals surface area contributed by atoms with Gasteiger partial charge in [0.15, 0.2) is 11.5 Å². The number of aliphatic hydroxyl groups excluding tert-OH is 1. The summed E-state index contributed by atoms with van der Waals surface area (Å²) in [5.74, 6) is 0.534. The highest BCUT2D eigenvalue weighted by molar-refractivity contribution is 5.99. The van der Waals surface area contributed by atoms with Gasteiger partial charge < -0.3 is 24.6 Å². The van der Waals surface area contributed by atoms with Crippen molar-refractivity contribution in [3.05, 3.63) is 41.9 Å². The number of aliphatic hydroxyl groups is 1. The van der Waals surface area contributed by atoms with Gasteiger partial charge in [-0.15, -0.1) is 0 Å². The summed E-state index contributed by atoms with van der Waals surface area (Å²) in [6.45, 7) is 0.444. The van der Waals surface area contributed by atoms with Crippen LogP contribution >= 0.6 is 0 Å². The van der Waals surface area contributed by atoms with Gasteiger partial charge in [0.05, 0.1) is 13.4 Å². The Kier molecular flexibility index (Phi) is 5.31. The van der Waals surface area contributed by atoms with Gasteiger partial charge in [-0.2, -0.15) is 0 Å². The Balaban J connectivity index is 1.61. The molecule has 2 heterocycles. The minimum Gasteiger partial charge on any atom is -0.497 e. The maximum absolute atomic E-state index is 12.4. The fourth-order valence-corrected chi connectivity index (χ4v) is 2.99. The van der Waals surface area contributed by atoms with Gasteiger partial charge in [-0.3, -0.25) is 14.5 Å². The molecule has 1 aromatic carbocycles. The monoisotopic (exact) mass is 373 g/mol. The molecule has 0 radical (unpaired) electrons. The number of rotatable bonds is 6. The van der Waals surface area contributed by atoms with Gasteiger partial charge in [-0.1, -0.05) is 12.1 Å². The molecule has 27 heavy (non-hydrogen) atoms. The van der Waals surface area contributed by atoms with Crippen LogP contribution in [0, 0.1) is 0 Å². The van der Waals surface area contributed by atoms with Crippen LogP contribution in [0.5, 0.6) is 5.75 Å². The fraction of sp³-hybridized carbons (Fsp3) is 0.389. The number of ether oxygens (including phenoxy) is 1. The molecule has 1 atom stereocenters. The summed E-state index contributed by atoms with van der Waals surface area (Å²) in [6, 6.07) is 7.66. The molecule has 1 aromatic heterocycles. The number of nitrogens with zero attached hydrogens (tertiary/aromatic N) is 4. The summed E-state index contributed by atoms with van der Waals surface area (Å²) >= 11 is 0. The van der Waals surface area contributed by atoms with Crippen LogP contribution in [-0.2, 0) is 17.8 Å². The zero-order valence-electron chi connectivity index (χ0n) is 15.5. The Morgan fingerprint density at radius 3 is 2.85 bits per heavy atom. The van der Waals surface area contributed by atoms with Crippen molar-refractivity contribution >= 4 is 17.6 Å². The molecule has 0 bridgehead atoms. The van der Waals surface area contributed by atoms with Gasteiger partial charge in [-0.25, -0.2) is 4.98 Å². The minimum atomic E-state index is -1.08. The van der Waals surface area contributed by atoms with Crippen molar-refractivity contribution < 1.29 is 19.4 Å². The quantitative estimate of drug-likeness (QED) is 0.742. The third kappa shape index (κ3) is 3.72. The molecule has 9 nitrogen and oxygen atoms in total. The van der Waals surface area contributed by atoms with E-state index in [2.05, 4.69) is 10.3 Å². The number of imidazole rings is 1. The van der Waals surface area contributed by atoms with E-state index >= 15 is 0 Å². The number of benzene rings is 1. The van der Waals surface area contributed by atoms with E-state index < -0.39 is 6.35 Å². The second kappa shape index (κ2) is 7.67. The van der Waals surface area contributed by atoms with Crippen LogP contribution in [0.1, 0.15) is 16.1 Å². The standard InChI is InChI=1S/C18H23N5O4/c1-21-16-15(17(25)22(2)18(21)26)23(11-20-16)10-14(24)19-8-7-12-5-4-6-13(9-12)27-3/h4-6,9,11,18,26H,7-8,10H2,1-3H3,(H,19,24). The van der Waals surface area contributed by atoms with Crippen molar-refractivity contribution in [1.29, 1.82) is 0 Å². The molecule has 0 saturated heterocycles. The Hall–Kier alpha value is -3.07. The number of hydrogen-bond donors (Lipinski definition) is 2. The number of amides is 2. The highest BCUT2D eigenvalue weighted by Crippen LogP contribution is 2.26. The summed E-state index contributed by atoms with van der Waals surface area (Å²) in [5.41, 5.74) is 1.34. The van der Waals surface area contributed by atoms with E-state index in [4.69, 9.17) is 4.74 Å². The summed E-state index contributed by atoms with van der Waals surface area (Å²) in [7, 11) is 4.75. The van der Waals surface area contributed by atoms with E-state index in [0.29, 0.717) is 18.8 Å². The first-order valence-electron chi connectivity index (χ1n) is 8.55. The van der Waals surface area contributed by atoms with Gasteiger partial charge in [0.1, 0.15) is 12.3 Å². The van der Waals surface area contributed by atoms with E-state index in [-0.39, 0.29) is 24.1 Å². The zero-order chi connectivity index (χ0) is 19.6. The lowest BCUT2D eigenvalue weighted by Crippen LogP contribution is -2.52. The Bertz CT molecular complexity index is 850. The number of nitrogens with one attached hydrogen (secondary N) is 1. The number of hydrogen-bond acceptors (Lipinski definition) is 6. The largest absolute Gasteiger partial charge is 0.497 e. The number of fused-ring (bicyclic) bond motifs is 1. The summed E-state index contributed by atoms with van der Waals surface area (Å²) in [4.78, 5) is 31.5. The van der Waals surface area contributed by atoms with Crippen molar-refractivity contribution in [2.45, 2.75) is 19.3 Å². The molecule has 0 aliphatic carbocycles. The normalized spacial score (nSPS) is 16.3. The first kappa shape index (κ1) is 18.7. The molecule has 0 spiro atoms. The first-order chi connectivity index (χ1) is 12.9. The van der Waals surface area contributed by atoms with Gasteiger partial charge in [0, 0.05) is 20.6 Å². The van der Waals surface area contributed by atoms with Crippen molar-refractivity contribution in [2.24, 2.45) is 0 Å². The summed E-state index contributed by atoms with van der Waals surface area (Å²) in [6.07, 6.45) is 1.03. The predicted molar refractivity (Wildman–Crippen MR) is 98.4 cm³/mol. The van der Waals surface area contributed by atoms with Crippen LogP contribution < -0.4 is 15.0 Å². The number of methoxy groups -OCH3 is 1. The lowest BCUT2D eigenvalue weighted by atomic mass is 10.1. The average Bonchev–Trinajstić information content (AvgIpc) is 3.08. The molecule has 2 aromatic rings. The highest BCUT2D eigenvalue weighted by Gasteiger charge is 2.36. The van der Waals surface area contributed by atoms with E-state index in [1.165, 1.54) is 27.7 Å². The van der Waals surface area contributed by atoms with Crippen LogP contribution in [-0.4, -0.2) is 65.5 Å². The van der Waals surface area contributed by atoms with Crippen molar-refractivity contribution in [2.75, 3.05) is 32.6 Å².